The standard InChI is InChI=1S/C19H19ClF3NO9/c1-8-5-14-12(10(3)15(8)20)6-13(16(33-14)19(21,22)23)17(25)31-11(4)32-18(26)30-9(2)7-29-24(27)28/h5-6,9,11,16H,7H2,1-4H3/t9-,11?,16?/m0/s1. The highest BCUT2D eigenvalue weighted by Gasteiger charge is 2.49. The van der Waals surface area contributed by atoms with Gasteiger partial charge in [-0.2, -0.15) is 13.2 Å². The number of rotatable bonds is 7. The lowest BCUT2D eigenvalue weighted by atomic mass is 9.96. The van der Waals surface area contributed by atoms with E-state index in [-0.39, 0.29) is 11.3 Å². The first kappa shape index (κ1) is 26.0. The SMILES string of the molecule is Cc1cc2c(c(C)c1Cl)C=C(C(=O)OC(C)OC(=O)O[C@@H](C)CO[N+](=O)[O-])C(C(F)(F)F)O2. The maximum atomic E-state index is 13.6. The fourth-order valence-corrected chi connectivity index (χ4v) is 2.97. The summed E-state index contributed by atoms with van der Waals surface area (Å²) in [5.41, 5.74) is 0.184. The second-order valence-electron chi connectivity index (χ2n) is 6.97. The van der Waals surface area contributed by atoms with E-state index in [1.807, 2.05) is 0 Å². The fraction of sp³-hybridized carbons (Fsp3) is 0.474. The molecule has 1 aliphatic heterocycles. The molecule has 3 atom stereocenters. The maximum Gasteiger partial charge on any atom is 0.511 e. The Morgan fingerprint density at radius 3 is 2.45 bits per heavy atom. The number of esters is 1. The molecule has 2 rings (SSSR count). The highest BCUT2D eigenvalue weighted by atomic mass is 35.5. The van der Waals surface area contributed by atoms with Gasteiger partial charge >= 0.3 is 18.3 Å². The third-order valence-electron chi connectivity index (χ3n) is 4.30. The number of carbonyl (C=O) groups excluding carboxylic acids is 2. The van der Waals surface area contributed by atoms with Crippen molar-refractivity contribution in [2.45, 2.75) is 52.4 Å². The molecule has 0 bridgehead atoms. The summed E-state index contributed by atoms with van der Waals surface area (Å²) in [6, 6.07) is 1.33. The van der Waals surface area contributed by atoms with Gasteiger partial charge in [-0.25, -0.2) is 9.59 Å². The van der Waals surface area contributed by atoms with E-state index in [4.69, 9.17) is 21.1 Å². The molecule has 0 N–H and O–H groups in total. The Morgan fingerprint density at radius 1 is 1.24 bits per heavy atom. The zero-order valence-electron chi connectivity index (χ0n) is 17.7. The summed E-state index contributed by atoms with van der Waals surface area (Å²) < 4.78 is 59.9. The Labute approximate surface area is 190 Å². The van der Waals surface area contributed by atoms with Crippen molar-refractivity contribution in [1.82, 2.24) is 0 Å². The number of hydrogen-bond acceptors (Lipinski definition) is 9. The normalized spacial score (nSPS) is 17.0. The van der Waals surface area contributed by atoms with Crippen LogP contribution in [0.15, 0.2) is 11.6 Å². The number of ether oxygens (including phenoxy) is 4. The monoisotopic (exact) mass is 497 g/mol. The van der Waals surface area contributed by atoms with Crippen LogP contribution in [0.2, 0.25) is 5.02 Å². The summed E-state index contributed by atoms with van der Waals surface area (Å²) in [5, 5.41) is 9.32. The Morgan fingerprint density at radius 2 is 1.88 bits per heavy atom. The zero-order chi connectivity index (χ0) is 25.1. The van der Waals surface area contributed by atoms with Crippen molar-refractivity contribution < 1.29 is 51.6 Å². The van der Waals surface area contributed by atoms with Crippen LogP contribution in [0.1, 0.15) is 30.5 Å². The first-order chi connectivity index (χ1) is 15.2. The summed E-state index contributed by atoms with van der Waals surface area (Å²) in [6.07, 6.45) is -10.8. The van der Waals surface area contributed by atoms with E-state index in [1.165, 1.54) is 13.0 Å². The molecule has 2 unspecified atom stereocenters. The Balaban J connectivity index is 2.16. The van der Waals surface area contributed by atoms with E-state index in [9.17, 15) is 32.9 Å². The predicted octanol–water partition coefficient (Wildman–Crippen LogP) is 4.30. The van der Waals surface area contributed by atoms with Gasteiger partial charge in [0.15, 0.2) is 0 Å². The van der Waals surface area contributed by atoms with E-state index in [2.05, 4.69) is 14.3 Å². The predicted molar refractivity (Wildman–Crippen MR) is 105 cm³/mol. The minimum atomic E-state index is -4.96. The Hall–Kier alpha value is -3.22. The molecule has 0 radical (unpaired) electrons. The molecule has 0 saturated carbocycles. The highest BCUT2D eigenvalue weighted by molar-refractivity contribution is 6.32. The first-order valence-corrected chi connectivity index (χ1v) is 9.68. The largest absolute Gasteiger partial charge is 0.511 e. The van der Waals surface area contributed by atoms with Crippen molar-refractivity contribution in [3.05, 3.63) is 43.5 Å². The lowest BCUT2D eigenvalue weighted by Gasteiger charge is -2.29. The minimum Gasteiger partial charge on any atom is -0.475 e. The van der Waals surface area contributed by atoms with E-state index in [1.54, 1.807) is 13.8 Å². The van der Waals surface area contributed by atoms with Crippen molar-refractivity contribution in [2.24, 2.45) is 0 Å². The van der Waals surface area contributed by atoms with Gasteiger partial charge in [0, 0.05) is 17.5 Å². The maximum absolute atomic E-state index is 13.6. The van der Waals surface area contributed by atoms with Gasteiger partial charge in [0.2, 0.25) is 12.4 Å². The lowest BCUT2D eigenvalue weighted by molar-refractivity contribution is -0.759. The molecule has 0 spiro atoms. The fourth-order valence-electron chi connectivity index (χ4n) is 2.81. The van der Waals surface area contributed by atoms with Gasteiger partial charge in [-0.3, -0.25) is 0 Å². The highest BCUT2D eigenvalue weighted by Crippen LogP contribution is 2.41. The van der Waals surface area contributed by atoms with Crippen LogP contribution in [-0.2, 0) is 23.8 Å². The van der Waals surface area contributed by atoms with Gasteiger partial charge in [0.1, 0.15) is 18.5 Å². The smallest absolute Gasteiger partial charge is 0.475 e. The first-order valence-electron chi connectivity index (χ1n) is 9.30. The number of nitrogens with zero attached hydrogens (tertiary/aromatic N) is 1. The molecule has 0 aromatic heterocycles. The molecular weight excluding hydrogens is 479 g/mol. The van der Waals surface area contributed by atoms with Crippen molar-refractivity contribution in [3.8, 4) is 5.75 Å². The third kappa shape index (κ3) is 6.63. The minimum absolute atomic E-state index is 0.105. The number of carbonyl (C=O) groups is 2. The van der Waals surface area contributed by atoms with Crippen molar-refractivity contribution in [3.63, 3.8) is 0 Å². The molecule has 0 amide bonds. The van der Waals surface area contributed by atoms with E-state index in [0.29, 0.717) is 16.1 Å². The zero-order valence-corrected chi connectivity index (χ0v) is 18.5. The van der Waals surface area contributed by atoms with Crippen LogP contribution in [0.5, 0.6) is 5.75 Å². The quantitative estimate of drug-likeness (QED) is 0.234. The Bertz CT molecular complexity index is 980. The summed E-state index contributed by atoms with van der Waals surface area (Å²) in [6.45, 7) is 4.87. The third-order valence-corrected chi connectivity index (χ3v) is 4.88. The molecule has 1 aromatic carbocycles. The number of hydrogen-bond donors (Lipinski definition) is 0. The lowest BCUT2D eigenvalue weighted by Crippen LogP contribution is -2.41. The topological polar surface area (TPSA) is 123 Å². The Kier molecular flexibility index (Phi) is 8.01. The average molecular weight is 498 g/mol. The van der Waals surface area contributed by atoms with Crippen LogP contribution in [0.3, 0.4) is 0 Å². The molecular formula is C19H19ClF3NO9. The van der Waals surface area contributed by atoms with Crippen LogP contribution < -0.4 is 4.74 Å². The van der Waals surface area contributed by atoms with E-state index in [0.717, 1.165) is 13.0 Å². The molecule has 10 nitrogen and oxygen atoms in total. The number of alkyl halides is 3. The van der Waals surface area contributed by atoms with Gasteiger partial charge in [-0.1, -0.05) is 11.6 Å². The van der Waals surface area contributed by atoms with E-state index < -0.39 is 54.1 Å². The summed E-state index contributed by atoms with van der Waals surface area (Å²) in [5.74, 6) is -1.56. The summed E-state index contributed by atoms with van der Waals surface area (Å²) >= 11 is 6.15. The van der Waals surface area contributed by atoms with Gasteiger partial charge in [0.25, 0.3) is 5.09 Å². The van der Waals surface area contributed by atoms with Gasteiger partial charge in [-0.15, -0.1) is 10.1 Å². The number of fused-ring (bicyclic) bond motifs is 1. The van der Waals surface area contributed by atoms with E-state index >= 15 is 0 Å². The van der Waals surface area contributed by atoms with Gasteiger partial charge < -0.3 is 23.8 Å². The van der Waals surface area contributed by atoms with Crippen LogP contribution in [0.4, 0.5) is 18.0 Å². The van der Waals surface area contributed by atoms with Crippen molar-refractivity contribution in [2.75, 3.05) is 6.61 Å². The van der Waals surface area contributed by atoms with Crippen LogP contribution in [0.25, 0.3) is 6.08 Å². The number of benzene rings is 1. The number of halogens is 4. The molecule has 0 aliphatic carbocycles. The van der Waals surface area contributed by atoms with Crippen LogP contribution in [0, 0.1) is 24.0 Å². The molecule has 182 valence electrons. The second-order valence-corrected chi connectivity index (χ2v) is 7.35. The van der Waals surface area contributed by atoms with Gasteiger partial charge in [0.05, 0.1) is 5.57 Å². The molecule has 0 saturated heterocycles. The van der Waals surface area contributed by atoms with Crippen LogP contribution >= 0.6 is 11.6 Å². The molecule has 33 heavy (non-hydrogen) atoms. The molecule has 1 aromatic rings. The average Bonchev–Trinajstić information content (AvgIpc) is 2.68. The second kappa shape index (κ2) is 10.1. The summed E-state index contributed by atoms with van der Waals surface area (Å²) in [7, 11) is 0. The van der Waals surface area contributed by atoms with Crippen molar-refractivity contribution >= 4 is 29.8 Å². The summed E-state index contributed by atoms with van der Waals surface area (Å²) in [4.78, 5) is 38.3. The van der Waals surface area contributed by atoms with Crippen molar-refractivity contribution in [1.29, 1.82) is 0 Å². The molecule has 0 fully saturated rings. The molecule has 1 aliphatic rings. The molecule has 1 heterocycles. The van der Waals surface area contributed by atoms with Crippen LogP contribution in [-0.4, -0.2) is 48.5 Å². The molecule has 14 heteroatoms. The number of aryl methyl sites for hydroxylation is 1. The van der Waals surface area contributed by atoms with Gasteiger partial charge in [-0.05, 0) is 44.0 Å².